The number of benzene rings is 2. The lowest BCUT2D eigenvalue weighted by Crippen LogP contribution is -2.33. The van der Waals surface area contributed by atoms with Gasteiger partial charge in [0.15, 0.2) is 22.8 Å². The van der Waals surface area contributed by atoms with E-state index in [1.165, 1.54) is 0 Å². The van der Waals surface area contributed by atoms with Crippen molar-refractivity contribution in [3.63, 3.8) is 0 Å². The van der Waals surface area contributed by atoms with Crippen LogP contribution in [0.1, 0.15) is 167 Å². The number of amides is 6. The van der Waals surface area contributed by atoms with Crippen LogP contribution in [0, 0.1) is 11.8 Å². The lowest BCUT2D eigenvalue weighted by atomic mass is 10.0. The molecule has 22 nitrogen and oxygen atoms in total. The molecule has 380 valence electrons. The molecule has 6 N–H and O–H groups in total. The molecule has 4 atom stereocenters. The van der Waals surface area contributed by atoms with Crippen molar-refractivity contribution in [2.24, 2.45) is 11.8 Å². The number of ether oxygens (including phenoxy) is 2. The number of carbonyl (C=O) groups is 6. The van der Waals surface area contributed by atoms with Crippen LogP contribution in [-0.2, 0) is 22.7 Å². The number of aromatic nitrogens is 4. The Morgan fingerprint density at radius 3 is 1.12 bits per heavy atom. The molecule has 1 aliphatic heterocycles. The fourth-order valence-electron chi connectivity index (χ4n) is 7.58. The van der Waals surface area contributed by atoms with Crippen molar-refractivity contribution < 1.29 is 55.9 Å². The zero-order chi connectivity index (χ0) is 51.0. The molecule has 0 spiro atoms. The van der Waals surface area contributed by atoms with Crippen LogP contribution in [0.2, 0.25) is 0 Å². The van der Waals surface area contributed by atoms with Crippen LogP contribution < -0.4 is 31.9 Å². The van der Waals surface area contributed by atoms with Crippen LogP contribution in [0.3, 0.4) is 0 Å². The summed E-state index contributed by atoms with van der Waals surface area (Å²) in [6.07, 6.45) is 5.03. The fraction of sp³-hybridized carbons (Fsp3) is 0.400. The number of hydrogen-bond acceptors (Lipinski definition) is 16. The zero-order valence-corrected chi connectivity index (χ0v) is 40.3. The van der Waals surface area contributed by atoms with E-state index >= 15 is 0 Å². The molecule has 6 amide bonds. The summed E-state index contributed by atoms with van der Waals surface area (Å²) < 4.78 is 33.8. The molecule has 5 heterocycles. The van der Waals surface area contributed by atoms with Crippen molar-refractivity contribution in [2.45, 2.75) is 104 Å². The molecule has 0 aliphatic carbocycles. The number of alkyl carbamates (subject to hydrolysis) is 2. The number of nitrogens with zero attached hydrogens (tertiary/aromatic N) is 4. The van der Waals surface area contributed by atoms with Crippen LogP contribution in [0.15, 0.2) is 103 Å². The van der Waals surface area contributed by atoms with E-state index in [2.05, 4.69) is 51.8 Å². The van der Waals surface area contributed by atoms with Crippen molar-refractivity contribution in [3.8, 4) is 0 Å². The van der Waals surface area contributed by atoms with Gasteiger partial charge in [-0.2, -0.15) is 0 Å². The van der Waals surface area contributed by atoms with Gasteiger partial charge in [0.25, 0.3) is 23.6 Å². The Morgan fingerprint density at radius 1 is 0.500 bits per heavy atom. The average molecular weight is 991 g/mol. The van der Waals surface area contributed by atoms with Gasteiger partial charge in [-0.15, -0.1) is 0 Å². The van der Waals surface area contributed by atoms with Crippen LogP contribution in [0.25, 0.3) is 0 Å². The minimum atomic E-state index is -0.930. The van der Waals surface area contributed by atoms with Gasteiger partial charge in [-0.3, -0.25) is 19.2 Å². The molecular formula is C50H58N10O12. The first-order valence-corrected chi connectivity index (χ1v) is 23.7. The summed E-state index contributed by atoms with van der Waals surface area (Å²) in [5, 5.41) is 16.9. The third-order valence-corrected chi connectivity index (χ3v) is 11.1. The van der Waals surface area contributed by atoms with E-state index in [0.717, 1.165) is 36.2 Å². The minimum Gasteiger partial charge on any atom is -0.446 e. The molecule has 0 saturated carbocycles. The van der Waals surface area contributed by atoms with E-state index in [1.807, 2.05) is 88.4 Å². The summed E-state index contributed by atoms with van der Waals surface area (Å²) in [6.45, 7) is 8.21. The molecule has 22 heteroatoms. The van der Waals surface area contributed by atoms with Crippen molar-refractivity contribution in [1.29, 1.82) is 0 Å². The maximum atomic E-state index is 13.9. The van der Waals surface area contributed by atoms with E-state index in [4.69, 9.17) is 27.1 Å². The zero-order valence-electron chi connectivity index (χ0n) is 40.3. The van der Waals surface area contributed by atoms with E-state index in [1.54, 1.807) is 0 Å². The second-order valence-electron chi connectivity index (χ2n) is 17.9. The van der Waals surface area contributed by atoms with Gasteiger partial charge in [0.2, 0.25) is 23.6 Å². The molecule has 6 aromatic rings. The summed E-state index contributed by atoms with van der Waals surface area (Å²) in [5.74, 6) is -2.58. The predicted molar refractivity (Wildman–Crippen MR) is 253 cm³/mol. The third kappa shape index (κ3) is 14.9. The van der Waals surface area contributed by atoms with Crippen LogP contribution in [0.5, 0.6) is 0 Å². The first-order valence-electron chi connectivity index (χ1n) is 23.7. The molecule has 1 aliphatic rings. The molecule has 0 saturated heterocycles. The Hall–Kier alpha value is -8.30. The normalized spacial score (nSPS) is 17.5. The SMILES string of the molecule is CC(C)C[C@@H]1NC(=O)c2coc(n2)[C@H](CCCNC(=O)OCc2ccccc2)NC(=O)c2coc(n2)[C@H](CC(C)C)NC(=O)c2coc(n2)[C@H](CCCNC(=O)OCc2ccccc2)NC(=O)c2coc1n2. The number of carbonyl (C=O) groups excluding carboxylic acids is 6. The Labute approximate surface area is 414 Å². The summed E-state index contributed by atoms with van der Waals surface area (Å²) >= 11 is 0. The van der Waals surface area contributed by atoms with Crippen molar-refractivity contribution in [1.82, 2.24) is 51.8 Å². The average Bonchev–Trinajstić information content (AvgIpc) is 4.22. The maximum absolute atomic E-state index is 13.9. The Bertz CT molecular complexity index is 2560. The summed E-state index contributed by atoms with van der Waals surface area (Å²) in [7, 11) is 0. The molecule has 0 radical (unpaired) electrons. The van der Waals surface area contributed by atoms with Gasteiger partial charge >= 0.3 is 12.2 Å². The number of nitrogens with one attached hydrogen (secondary N) is 6. The quantitative estimate of drug-likeness (QED) is 0.0517. The molecule has 0 fully saturated rings. The lowest BCUT2D eigenvalue weighted by Gasteiger charge is -2.17. The van der Waals surface area contributed by atoms with E-state index < -0.39 is 60.0 Å². The Kier molecular flexibility index (Phi) is 17.9. The Morgan fingerprint density at radius 2 is 0.806 bits per heavy atom. The van der Waals surface area contributed by atoms with E-state index in [9.17, 15) is 28.8 Å². The number of fused-ring (bicyclic) bond motifs is 8. The monoisotopic (exact) mass is 990 g/mol. The largest absolute Gasteiger partial charge is 0.446 e. The summed E-state index contributed by atoms with van der Waals surface area (Å²) in [4.78, 5) is 98.2. The molecule has 4 aromatic heterocycles. The first-order chi connectivity index (χ1) is 34.8. The van der Waals surface area contributed by atoms with Gasteiger partial charge in [0.05, 0.1) is 0 Å². The number of hydrogen-bond donors (Lipinski definition) is 6. The van der Waals surface area contributed by atoms with E-state index in [0.29, 0.717) is 25.7 Å². The maximum Gasteiger partial charge on any atom is 0.407 e. The molecule has 0 unspecified atom stereocenters. The van der Waals surface area contributed by atoms with Crippen molar-refractivity contribution in [3.05, 3.63) is 143 Å². The van der Waals surface area contributed by atoms with Crippen LogP contribution in [-0.4, -0.2) is 68.8 Å². The summed E-state index contributed by atoms with van der Waals surface area (Å²) in [5.41, 5.74) is 1.15. The standard InChI is InChI=1S/C50H58N10O12/c1-29(2)21-35-47-59-37(27-69-47)41(61)53-34(18-12-20-52-50(66)72-24-32-15-9-6-10-16-32)46-58-40(26-68-46)44(64)56-36(22-30(3)4)48-60-38(28-70-48)42(62)54-33(45-57-39(25-67-45)43(63)55-35)17-11-19-51-49(65)71-23-31-13-7-5-8-14-31/h5-10,13-16,25-30,33-36H,11-12,17-24H2,1-4H3,(H,51,65)(H,52,66)(H,53,61)(H,54,62)(H,55,63)(H,56,64)/t33-,34-,35-,36-/m0/s1. The van der Waals surface area contributed by atoms with Crippen LogP contribution >= 0.6 is 0 Å². The van der Waals surface area contributed by atoms with Gasteiger partial charge in [-0.1, -0.05) is 88.4 Å². The number of oxazole rings is 4. The molecule has 72 heavy (non-hydrogen) atoms. The van der Waals surface area contributed by atoms with Gasteiger partial charge in [-0.25, -0.2) is 29.5 Å². The second kappa shape index (κ2) is 25.0. The Balaban J connectivity index is 1.12. The molecule has 2 aromatic carbocycles. The highest BCUT2D eigenvalue weighted by Crippen LogP contribution is 2.27. The van der Waals surface area contributed by atoms with E-state index in [-0.39, 0.29) is 97.3 Å². The topological polar surface area (TPSA) is 297 Å². The molecule has 8 bridgehead atoms. The van der Waals surface area contributed by atoms with Gasteiger partial charge in [0.1, 0.15) is 62.4 Å². The highest BCUT2D eigenvalue weighted by molar-refractivity contribution is 5.94. The van der Waals surface area contributed by atoms with Crippen molar-refractivity contribution in [2.75, 3.05) is 13.1 Å². The fourth-order valence-corrected chi connectivity index (χ4v) is 7.58. The predicted octanol–water partition coefficient (Wildman–Crippen LogP) is 7.34. The smallest absolute Gasteiger partial charge is 0.407 e. The highest BCUT2D eigenvalue weighted by atomic mass is 16.6. The van der Waals surface area contributed by atoms with Gasteiger partial charge < -0.3 is 59.0 Å². The highest BCUT2D eigenvalue weighted by Gasteiger charge is 2.31. The molecule has 7 rings (SSSR count). The minimum absolute atomic E-state index is 0.0147. The summed E-state index contributed by atoms with van der Waals surface area (Å²) in [6, 6.07) is 14.9. The van der Waals surface area contributed by atoms with Crippen molar-refractivity contribution >= 4 is 35.8 Å². The first kappa shape index (κ1) is 51.5. The van der Waals surface area contributed by atoms with Gasteiger partial charge in [0, 0.05) is 13.1 Å². The van der Waals surface area contributed by atoms with Gasteiger partial charge in [-0.05, 0) is 61.5 Å². The second-order valence-corrected chi connectivity index (χ2v) is 17.9. The molecular weight excluding hydrogens is 933 g/mol. The van der Waals surface area contributed by atoms with Crippen LogP contribution in [0.4, 0.5) is 9.59 Å². The number of rotatable bonds is 16. The third-order valence-electron chi connectivity index (χ3n) is 11.1. The lowest BCUT2D eigenvalue weighted by molar-refractivity contribution is 0.0911.